The first-order valence-electron chi connectivity index (χ1n) is 8.65. The molecule has 0 aliphatic carbocycles. The van der Waals surface area contributed by atoms with Gasteiger partial charge in [-0.15, -0.1) is 0 Å². The third kappa shape index (κ3) is 3.37. The van der Waals surface area contributed by atoms with Crippen LogP contribution < -0.4 is 10.3 Å². The molecule has 0 aliphatic rings. The van der Waals surface area contributed by atoms with Gasteiger partial charge >= 0.3 is 0 Å². The van der Waals surface area contributed by atoms with Gasteiger partial charge in [-0.05, 0) is 48.0 Å². The van der Waals surface area contributed by atoms with Crippen LogP contribution in [0, 0.1) is 0 Å². The molecule has 0 amide bonds. The van der Waals surface area contributed by atoms with Crippen molar-refractivity contribution in [1.82, 2.24) is 9.55 Å². The number of nitrogens with zero attached hydrogens (tertiary/aromatic N) is 2. The van der Waals surface area contributed by atoms with Gasteiger partial charge in [0.1, 0.15) is 11.6 Å². The predicted octanol–water partition coefficient (Wildman–Crippen LogP) is 4.56. The number of hydrogen-bond acceptors (Lipinski definition) is 3. The van der Waals surface area contributed by atoms with Crippen LogP contribution in [0.15, 0.2) is 83.7 Å². The number of hydrogen-bond donors (Lipinski definition) is 0. The highest BCUT2D eigenvalue weighted by Crippen LogP contribution is 2.17. The number of para-hydroxylation sites is 2. The molecule has 3 aromatic carbocycles. The van der Waals surface area contributed by atoms with Gasteiger partial charge in [-0.25, -0.2) is 4.98 Å². The second kappa shape index (κ2) is 7.30. The van der Waals surface area contributed by atoms with Crippen molar-refractivity contribution in [2.75, 3.05) is 7.11 Å². The fourth-order valence-electron chi connectivity index (χ4n) is 3.00. The van der Waals surface area contributed by atoms with Gasteiger partial charge in [-0.3, -0.25) is 9.36 Å². The Hall–Kier alpha value is -3.66. The molecule has 0 radical (unpaired) electrons. The molecule has 0 spiro atoms. The lowest BCUT2D eigenvalue weighted by Gasteiger charge is -2.11. The molecule has 1 aromatic heterocycles. The molecule has 0 saturated heterocycles. The zero-order valence-electron chi connectivity index (χ0n) is 14.9. The monoisotopic (exact) mass is 354 g/mol. The van der Waals surface area contributed by atoms with Gasteiger partial charge in [0.15, 0.2) is 0 Å². The SMILES string of the molecule is COc1cccc(/C=C/c2nc3ccccc3c(=O)n2-c2ccccc2)c1. The number of rotatable bonds is 4. The van der Waals surface area contributed by atoms with Gasteiger partial charge in [0.25, 0.3) is 5.56 Å². The van der Waals surface area contributed by atoms with Crippen LogP contribution in [0.1, 0.15) is 11.4 Å². The summed E-state index contributed by atoms with van der Waals surface area (Å²) in [5, 5.41) is 0.597. The lowest BCUT2D eigenvalue weighted by Crippen LogP contribution is -2.22. The van der Waals surface area contributed by atoms with Crippen molar-refractivity contribution in [1.29, 1.82) is 0 Å². The summed E-state index contributed by atoms with van der Waals surface area (Å²) in [7, 11) is 1.64. The van der Waals surface area contributed by atoms with Crippen LogP contribution in [0.2, 0.25) is 0 Å². The number of benzene rings is 3. The van der Waals surface area contributed by atoms with Gasteiger partial charge in [-0.2, -0.15) is 0 Å². The highest BCUT2D eigenvalue weighted by molar-refractivity contribution is 5.80. The largest absolute Gasteiger partial charge is 0.497 e. The topological polar surface area (TPSA) is 44.1 Å². The van der Waals surface area contributed by atoms with Crippen molar-refractivity contribution in [3.63, 3.8) is 0 Å². The summed E-state index contributed by atoms with van der Waals surface area (Å²) in [5.41, 5.74) is 2.35. The second-order valence-corrected chi connectivity index (χ2v) is 6.07. The first-order chi connectivity index (χ1) is 13.3. The van der Waals surface area contributed by atoms with Crippen LogP contribution in [-0.4, -0.2) is 16.7 Å². The van der Waals surface area contributed by atoms with Gasteiger partial charge in [0, 0.05) is 0 Å². The Morgan fingerprint density at radius 1 is 0.889 bits per heavy atom. The fraction of sp³-hybridized carbons (Fsp3) is 0.0435. The Labute approximate surface area is 157 Å². The highest BCUT2D eigenvalue weighted by Gasteiger charge is 2.10. The first kappa shape index (κ1) is 16.8. The molecule has 0 bridgehead atoms. The molecule has 27 heavy (non-hydrogen) atoms. The van der Waals surface area contributed by atoms with Crippen molar-refractivity contribution in [2.24, 2.45) is 0 Å². The Balaban J connectivity index is 1.90. The lowest BCUT2D eigenvalue weighted by atomic mass is 10.2. The summed E-state index contributed by atoms with van der Waals surface area (Å²) in [6.45, 7) is 0. The molecule has 0 saturated carbocycles. The van der Waals surface area contributed by atoms with Crippen molar-refractivity contribution in [3.05, 3.63) is 101 Å². The molecular formula is C23H18N2O2. The summed E-state index contributed by atoms with van der Waals surface area (Å²) in [5.74, 6) is 1.36. The Morgan fingerprint density at radius 3 is 2.48 bits per heavy atom. The van der Waals surface area contributed by atoms with E-state index in [0.717, 1.165) is 17.0 Å². The third-order valence-corrected chi connectivity index (χ3v) is 4.33. The molecule has 0 fully saturated rings. The van der Waals surface area contributed by atoms with E-state index in [-0.39, 0.29) is 5.56 Å². The summed E-state index contributed by atoms with van der Waals surface area (Å²) in [6, 6.07) is 24.7. The average molecular weight is 354 g/mol. The molecule has 0 unspecified atom stereocenters. The average Bonchev–Trinajstić information content (AvgIpc) is 2.73. The van der Waals surface area contributed by atoms with E-state index in [1.807, 2.05) is 84.9 Å². The van der Waals surface area contributed by atoms with Crippen LogP contribution in [0.4, 0.5) is 0 Å². The summed E-state index contributed by atoms with van der Waals surface area (Å²) in [6.07, 6.45) is 3.79. The van der Waals surface area contributed by atoms with Crippen LogP contribution in [0.3, 0.4) is 0 Å². The summed E-state index contributed by atoms with van der Waals surface area (Å²) >= 11 is 0. The van der Waals surface area contributed by atoms with E-state index < -0.39 is 0 Å². The van der Waals surface area contributed by atoms with Gasteiger partial charge < -0.3 is 4.74 Å². The minimum absolute atomic E-state index is 0.0860. The Bertz CT molecular complexity index is 1180. The zero-order valence-corrected chi connectivity index (χ0v) is 14.9. The molecule has 0 aliphatic heterocycles. The smallest absolute Gasteiger partial charge is 0.266 e. The molecule has 4 heteroatoms. The van der Waals surface area contributed by atoms with E-state index in [9.17, 15) is 4.79 Å². The standard InChI is InChI=1S/C23H18N2O2/c1-27-19-11-7-8-17(16-19)14-15-22-24-21-13-6-5-12-20(21)23(26)25(22)18-9-3-2-4-10-18/h2-16H,1H3/b15-14+. The summed E-state index contributed by atoms with van der Waals surface area (Å²) < 4.78 is 6.91. The van der Waals surface area contributed by atoms with Crippen molar-refractivity contribution >= 4 is 23.1 Å². The Morgan fingerprint density at radius 2 is 1.67 bits per heavy atom. The van der Waals surface area contributed by atoms with Crippen LogP contribution in [0.25, 0.3) is 28.7 Å². The van der Waals surface area contributed by atoms with Crippen LogP contribution in [0.5, 0.6) is 5.75 Å². The number of methoxy groups -OCH3 is 1. The maximum absolute atomic E-state index is 13.1. The van der Waals surface area contributed by atoms with Crippen LogP contribution >= 0.6 is 0 Å². The number of ether oxygens (including phenoxy) is 1. The quantitative estimate of drug-likeness (QED) is 0.539. The van der Waals surface area contributed by atoms with E-state index in [0.29, 0.717) is 16.7 Å². The maximum atomic E-state index is 13.1. The molecule has 132 valence electrons. The van der Waals surface area contributed by atoms with E-state index in [1.165, 1.54) is 0 Å². The molecule has 4 rings (SSSR count). The fourth-order valence-corrected chi connectivity index (χ4v) is 3.00. The van der Waals surface area contributed by atoms with Gasteiger partial charge in [0.05, 0.1) is 23.7 Å². The molecule has 4 nitrogen and oxygen atoms in total. The predicted molar refractivity (Wildman–Crippen MR) is 109 cm³/mol. The molecular weight excluding hydrogens is 336 g/mol. The third-order valence-electron chi connectivity index (χ3n) is 4.33. The van der Waals surface area contributed by atoms with Crippen molar-refractivity contribution in [3.8, 4) is 11.4 Å². The zero-order chi connectivity index (χ0) is 18.6. The highest BCUT2D eigenvalue weighted by atomic mass is 16.5. The van der Waals surface area contributed by atoms with Crippen molar-refractivity contribution in [2.45, 2.75) is 0 Å². The second-order valence-electron chi connectivity index (χ2n) is 6.07. The maximum Gasteiger partial charge on any atom is 0.266 e. The number of aromatic nitrogens is 2. The first-order valence-corrected chi connectivity index (χ1v) is 8.65. The van der Waals surface area contributed by atoms with E-state index in [4.69, 9.17) is 9.72 Å². The lowest BCUT2D eigenvalue weighted by molar-refractivity contribution is 0.414. The molecule has 4 aromatic rings. The minimum Gasteiger partial charge on any atom is -0.497 e. The Kier molecular flexibility index (Phi) is 4.54. The minimum atomic E-state index is -0.0860. The molecule has 0 atom stereocenters. The molecule has 1 heterocycles. The number of fused-ring (bicyclic) bond motifs is 1. The van der Waals surface area contributed by atoms with E-state index >= 15 is 0 Å². The van der Waals surface area contributed by atoms with Gasteiger partial charge in [-0.1, -0.05) is 48.5 Å². The van der Waals surface area contributed by atoms with Crippen molar-refractivity contribution < 1.29 is 4.74 Å². The van der Waals surface area contributed by atoms with Gasteiger partial charge in [0.2, 0.25) is 0 Å². The van der Waals surface area contributed by atoms with E-state index in [1.54, 1.807) is 17.7 Å². The normalized spacial score (nSPS) is 11.1. The molecule has 0 N–H and O–H groups in total. The van der Waals surface area contributed by atoms with E-state index in [2.05, 4.69) is 0 Å². The summed E-state index contributed by atoms with van der Waals surface area (Å²) in [4.78, 5) is 17.8. The van der Waals surface area contributed by atoms with Crippen LogP contribution in [-0.2, 0) is 0 Å².